The maximum absolute atomic E-state index is 11.9. The molecule has 92 valence electrons. The van der Waals surface area contributed by atoms with Crippen molar-refractivity contribution >= 4 is 0 Å². The number of alkyl halides is 3. The van der Waals surface area contributed by atoms with Crippen LogP contribution in [0, 0.1) is 18.3 Å². The number of hydrogen-bond acceptors (Lipinski definition) is 4. The molecule has 0 atom stereocenters. The molecule has 1 aromatic rings. The normalized spacial score (nSPS) is 11.0. The average Bonchev–Trinajstić information content (AvgIpc) is 2.23. The van der Waals surface area contributed by atoms with Crippen molar-refractivity contribution in [3.05, 3.63) is 17.6 Å². The molecule has 0 aliphatic rings. The summed E-state index contributed by atoms with van der Waals surface area (Å²) in [4.78, 5) is 7.63. The second-order valence-corrected chi connectivity index (χ2v) is 3.32. The SMILES string of the molecule is Cc1ncc(C#N)c(OCCCC(F)(F)F)n1. The molecule has 0 aliphatic heterocycles. The minimum Gasteiger partial charge on any atom is -0.477 e. The highest BCUT2D eigenvalue weighted by Crippen LogP contribution is 2.21. The Balaban J connectivity index is 2.52. The topological polar surface area (TPSA) is 58.8 Å². The number of aromatic nitrogens is 2. The third-order valence-corrected chi connectivity index (χ3v) is 1.84. The van der Waals surface area contributed by atoms with Gasteiger partial charge in [-0.15, -0.1) is 0 Å². The Morgan fingerprint density at radius 2 is 2.18 bits per heavy atom. The standard InChI is InChI=1S/C10H10F3N3O/c1-7-15-6-8(5-14)9(16-7)17-4-2-3-10(11,12)13/h6H,2-4H2,1H3. The maximum atomic E-state index is 11.9. The zero-order valence-electron chi connectivity index (χ0n) is 9.08. The van der Waals surface area contributed by atoms with Gasteiger partial charge < -0.3 is 4.74 Å². The van der Waals surface area contributed by atoms with Gasteiger partial charge in [0.1, 0.15) is 17.5 Å². The highest BCUT2D eigenvalue weighted by Gasteiger charge is 2.26. The lowest BCUT2D eigenvalue weighted by molar-refractivity contribution is -0.136. The van der Waals surface area contributed by atoms with Crippen LogP contribution in [0.4, 0.5) is 13.2 Å². The summed E-state index contributed by atoms with van der Waals surface area (Å²) in [5.74, 6) is 0.428. The van der Waals surface area contributed by atoms with Gasteiger partial charge in [-0.25, -0.2) is 4.98 Å². The molecule has 0 fully saturated rings. The fourth-order valence-electron chi connectivity index (χ4n) is 1.08. The Labute approximate surface area is 96.1 Å². The van der Waals surface area contributed by atoms with Gasteiger partial charge in [-0.2, -0.15) is 23.4 Å². The molecule has 0 amide bonds. The van der Waals surface area contributed by atoms with Gasteiger partial charge in [-0.05, 0) is 13.3 Å². The van der Waals surface area contributed by atoms with Gasteiger partial charge in [0, 0.05) is 6.42 Å². The van der Waals surface area contributed by atoms with Gasteiger partial charge in [-0.3, -0.25) is 0 Å². The van der Waals surface area contributed by atoms with Crippen LogP contribution in [0.5, 0.6) is 5.88 Å². The van der Waals surface area contributed by atoms with Crippen LogP contribution in [0.3, 0.4) is 0 Å². The Bertz CT molecular complexity index is 426. The smallest absolute Gasteiger partial charge is 0.389 e. The third kappa shape index (κ3) is 4.68. The molecule has 4 nitrogen and oxygen atoms in total. The first-order chi connectivity index (χ1) is 7.92. The van der Waals surface area contributed by atoms with Crippen molar-refractivity contribution in [2.75, 3.05) is 6.61 Å². The van der Waals surface area contributed by atoms with Gasteiger partial charge in [0.15, 0.2) is 0 Å². The summed E-state index contributed by atoms with van der Waals surface area (Å²) in [5.41, 5.74) is 0.114. The van der Waals surface area contributed by atoms with Crippen molar-refractivity contribution in [1.82, 2.24) is 9.97 Å². The van der Waals surface area contributed by atoms with Crippen LogP contribution in [0.2, 0.25) is 0 Å². The van der Waals surface area contributed by atoms with E-state index in [1.54, 1.807) is 6.92 Å². The monoisotopic (exact) mass is 245 g/mol. The number of rotatable bonds is 4. The Kier molecular flexibility index (Phi) is 4.26. The summed E-state index contributed by atoms with van der Waals surface area (Å²) in [6.45, 7) is 1.47. The van der Waals surface area contributed by atoms with Gasteiger partial charge in [-0.1, -0.05) is 0 Å². The van der Waals surface area contributed by atoms with E-state index in [0.717, 1.165) is 0 Å². The molecule has 0 aromatic carbocycles. The van der Waals surface area contributed by atoms with Gasteiger partial charge in [0.05, 0.1) is 12.8 Å². The minimum atomic E-state index is -4.19. The first kappa shape index (κ1) is 13.2. The van der Waals surface area contributed by atoms with E-state index in [0.29, 0.717) is 5.82 Å². The molecule has 7 heteroatoms. The van der Waals surface area contributed by atoms with E-state index in [2.05, 4.69) is 9.97 Å². The number of hydrogen-bond donors (Lipinski definition) is 0. The zero-order valence-corrected chi connectivity index (χ0v) is 9.08. The van der Waals surface area contributed by atoms with Crippen LogP contribution in [0.1, 0.15) is 24.2 Å². The fraction of sp³-hybridized carbons (Fsp3) is 0.500. The Morgan fingerprint density at radius 1 is 1.47 bits per heavy atom. The van der Waals surface area contributed by atoms with Crippen LogP contribution < -0.4 is 4.74 Å². The molecular weight excluding hydrogens is 235 g/mol. The molecular formula is C10H10F3N3O. The van der Waals surface area contributed by atoms with Crippen molar-refractivity contribution in [3.63, 3.8) is 0 Å². The van der Waals surface area contributed by atoms with Crippen LogP contribution in [0.15, 0.2) is 6.20 Å². The molecule has 0 saturated carbocycles. The van der Waals surface area contributed by atoms with Gasteiger partial charge in [0.2, 0.25) is 5.88 Å². The van der Waals surface area contributed by atoms with Crippen molar-refractivity contribution < 1.29 is 17.9 Å². The van der Waals surface area contributed by atoms with Crippen LogP contribution >= 0.6 is 0 Å². The summed E-state index contributed by atoms with van der Waals surface area (Å²) in [7, 11) is 0. The van der Waals surface area contributed by atoms with Gasteiger partial charge >= 0.3 is 6.18 Å². The second-order valence-electron chi connectivity index (χ2n) is 3.32. The summed E-state index contributed by atoms with van der Waals surface area (Å²) in [5, 5.41) is 8.71. The van der Waals surface area contributed by atoms with E-state index in [-0.39, 0.29) is 24.5 Å². The predicted molar refractivity (Wildman–Crippen MR) is 52.3 cm³/mol. The summed E-state index contributed by atoms with van der Waals surface area (Å²) in [6, 6.07) is 1.81. The van der Waals surface area contributed by atoms with Crippen LogP contribution in [-0.4, -0.2) is 22.8 Å². The lowest BCUT2D eigenvalue weighted by Gasteiger charge is -2.08. The van der Waals surface area contributed by atoms with Crippen molar-refractivity contribution in [1.29, 1.82) is 5.26 Å². The molecule has 0 unspecified atom stereocenters. The summed E-state index contributed by atoms with van der Waals surface area (Å²) < 4.78 is 40.6. The number of nitrogens with zero attached hydrogens (tertiary/aromatic N) is 3. The molecule has 0 aliphatic carbocycles. The van der Waals surface area contributed by atoms with E-state index >= 15 is 0 Å². The molecule has 0 bridgehead atoms. The third-order valence-electron chi connectivity index (χ3n) is 1.84. The van der Waals surface area contributed by atoms with Crippen LogP contribution in [0.25, 0.3) is 0 Å². The molecule has 1 aromatic heterocycles. The minimum absolute atomic E-state index is 0.0298. The largest absolute Gasteiger partial charge is 0.477 e. The Hall–Kier alpha value is -1.84. The maximum Gasteiger partial charge on any atom is 0.389 e. The lowest BCUT2D eigenvalue weighted by Crippen LogP contribution is -2.10. The molecule has 0 N–H and O–H groups in total. The fourth-order valence-corrected chi connectivity index (χ4v) is 1.08. The first-order valence-electron chi connectivity index (χ1n) is 4.85. The van der Waals surface area contributed by atoms with E-state index in [4.69, 9.17) is 10.00 Å². The number of halogens is 3. The number of nitriles is 1. The second kappa shape index (κ2) is 5.48. The zero-order chi connectivity index (χ0) is 12.9. The molecule has 0 saturated heterocycles. The number of ether oxygens (including phenoxy) is 1. The molecule has 1 heterocycles. The van der Waals surface area contributed by atoms with E-state index in [1.165, 1.54) is 6.20 Å². The number of aryl methyl sites for hydroxylation is 1. The summed E-state index contributed by atoms with van der Waals surface area (Å²) in [6.07, 6.45) is -4.00. The molecule has 0 radical (unpaired) electrons. The lowest BCUT2D eigenvalue weighted by atomic mass is 10.3. The van der Waals surface area contributed by atoms with Crippen molar-refractivity contribution in [2.45, 2.75) is 25.9 Å². The van der Waals surface area contributed by atoms with E-state index in [1.807, 2.05) is 6.07 Å². The molecule has 0 spiro atoms. The quantitative estimate of drug-likeness (QED) is 0.764. The highest BCUT2D eigenvalue weighted by atomic mass is 19.4. The first-order valence-corrected chi connectivity index (χ1v) is 4.85. The van der Waals surface area contributed by atoms with Crippen LogP contribution in [-0.2, 0) is 0 Å². The summed E-state index contributed by atoms with van der Waals surface area (Å²) >= 11 is 0. The van der Waals surface area contributed by atoms with Crippen molar-refractivity contribution in [3.8, 4) is 11.9 Å². The van der Waals surface area contributed by atoms with E-state index < -0.39 is 12.6 Å². The predicted octanol–water partition coefficient (Wildman–Crippen LogP) is 2.38. The van der Waals surface area contributed by atoms with Gasteiger partial charge in [0.25, 0.3) is 0 Å². The average molecular weight is 245 g/mol. The van der Waals surface area contributed by atoms with E-state index in [9.17, 15) is 13.2 Å². The highest BCUT2D eigenvalue weighted by molar-refractivity contribution is 5.35. The van der Waals surface area contributed by atoms with Crippen molar-refractivity contribution in [2.24, 2.45) is 0 Å². The Morgan fingerprint density at radius 3 is 2.76 bits per heavy atom. The molecule has 1 rings (SSSR count). The molecule has 17 heavy (non-hydrogen) atoms.